The van der Waals surface area contributed by atoms with E-state index in [4.69, 9.17) is 18.9 Å². The Bertz CT molecular complexity index is 1170. The number of ether oxygens (including phenoxy) is 4. The highest BCUT2D eigenvalue weighted by molar-refractivity contribution is 7.79. The lowest BCUT2D eigenvalue weighted by Gasteiger charge is -2.47. The third-order valence-electron chi connectivity index (χ3n) is 8.94. The molecule has 0 bridgehead atoms. The highest BCUT2D eigenvalue weighted by Crippen LogP contribution is 2.46. The molecule has 39 heavy (non-hydrogen) atoms. The minimum absolute atomic E-state index is 0.246. The molecule has 0 spiro atoms. The van der Waals surface area contributed by atoms with Gasteiger partial charge in [0, 0.05) is 25.7 Å². The Labute approximate surface area is 240 Å². The molecule has 5 rings (SSSR count). The zero-order chi connectivity index (χ0) is 28.2. The smallest absolute Gasteiger partial charge is 0.161 e. The lowest BCUT2D eigenvalue weighted by Crippen LogP contribution is -2.46. The number of allylic oxidation sites excluding steroid dienone is 1. The van der Waals surface area contributed by atoms with Crippen molar-refractivity contribution in [3.63, 3.8) is 0 Å². The molecule has 214 valence electrons. The summed E-state index contributed by atoms with van der Waals surface area (Å²) < 4.78 is 22.5. The predicted octanol–water partition coefficient (Wildman–Crippen LogP) is 5.83. The Morgan fingerprint density at radius 1 is 0.923 bits per heavy atom. The first-order valence-electron chi connectivity index (χ1n) is 14.1. The van der Waals surface area contributed by atoms with Crippen molar-refractivity contribution in [1.29, 1.82) is 0 Å². The van der Waals surface area contributed by atoms with Gasteiger partial charge in [-0.3, -0.25) is 4.90 Å². The average Bonchev–Trinajstić information content (AvgIpc) is 2.99. The van der Waals surface area contributed by atoms with Gasteiger partial charge in [-0.15, -0.1) is 0 Å². The standard InChI is InChI=1S/C31H42N2O4.CH4S/c1-7-20-19-33-13-10-22-15-27(34-3)29(36-5)17-24(22)26(33)14-21(20)8-11-31(2)25-18-30(37-6)28(35-4)16-23(25)9-12-32-31;1-2/h8,11,15-18,20-21,26,32H,7,9-10,12-14,19H2,1-6H3;2H,1H3/t20-,21-,26-,31?;/m0./s1. The molecule has 6 nitrogen and oxygen atoms in total. The zero-order valence-corrected chi connectivity index (χ0v) is 25.6. The van der Waals surface area contributed by atoms with Crippen molar-refractivity contribution >= 4 is 12.6 Å². The number of fused-ring (bicyclic) bond motifs is 4. The minimum Gasteiger partial charge on any atom is -0.493 e. The van der Waals surface area contributed by atoms with Gasteiger partial charge in [0.2, 0.25) is 0 Å². The van der Waals surface area contributed by atoms with Crippen molar-refractivity contribution in [2.24, 2.45) is 11.8 Å². The van der Waals surface area contributed by atoms with E-state index in [9.17, 15) is 0 Å². The SMILES string of the molecule is CC[C@H]1CN2CCc3cc(OC)c(OC)cc3[C@@H]2C[C@@H]1C=CC1(C)NCCc2cc(OC)c(OC)cc21.CS. The van der Waals surface area contributed by atoms with Gasteiger partial charge >= 0.3 is 0 Å². The molecule has 0 aromatic heterocycles. The van der Waals surface area contributed by atoms with Crippen LogP contribution in [0.4, 0.5) is 0 Å². The van der Waals surface area contributed by atoms with Crippen LogP contribution in [0.1, 0.15) is 55.0 Å². The second-order valence-electron chi connectivity index (χ2n) is 10.8. The summed E-state index contributed by atoms with van der Waals surface area (Å²) >= 11 is 3.53. The van der Waals surface area contributed by atoms with E-state index in [2.05, 4.69) is 73.1 Å². The fourth-order valence-electron chi connectivity index (χ4n) is 6.76. The molecule has 1 N–H and O–H groups in total. The molecule has 1 unspecified atom stereocenters. The fourth-order valence-corrected chi connectivity index (χ4v) is 6.76. The molecule has 4 atom stereocenters. The second kappa shape index (κ2) is 12.9. The number of methoxy groups -OCH3 is 4. The molecule has 3 aliphatic heterocycles. The molecule has 0 saturated carbocycles. The first-order valence-corrected chi connectivity index (χ1v) is 15.0. The normalized spacial score (nSPS) is 26.0. The van der Waals surface area contributed by atoms with Crippen LogP contribution in [-0.2, 0) is 18.4 Å². The van der Waals surface area contributed by atoms with E-state index in [1.165, 1.54) is 28.7 Å². The third kappa shape index (κ3) is 5.77. The lowest BCUT2D eigenvalue weighted by molar-refractivity contribution is 0.0690. The van der Waals surface area contributed by atoms with Crippen molar-refractivity contribution in [2.45, 2.75) is 51.1 Å². The van der Waals surface area contributed by atoms with Crippen molar-refractivity contribution in [3.05, 3.63) is 58.7 Å². The van der Waals surface area contributed by atoms with Crippen molar-refractivity contribution < 1.29 is 18.9 Å². The number of piperidine rings is 1. The van der Waals surface area contributed by atoms with Crippen molar-refractivity contribution in [1.82, 2.24) is 10.2 Å². The monoisotopic (exact) mass is 554 g/mol. The van der Waals surface area contributed by atoms with Gasteiger partial charge in [0.15, 0.2) is 23.0 Å². The van der Waals surface area contributed by atoms with E-state index in [1.54, 1.807) is 34.7 Å². The van der Waals surface area contributed by atoms with Crippen LogP contribution in [0.3, 0.4) is 0 Å². The number of benzene rings is 2. The molecule has 1 saturated heterocycles. The van der Waals surface area contributed by atoms with Crippen LogP contribution >= 0.6 is 12.6 Å². The Morgan fingerprint density at radius 2 is 1.54 bits per heavy atom. The van der Waals surface area contributed by atoms with E-state index >= 15 is 0 Å². The van der Waals surface area contributed by atoms with Gasteiger partial charge in [0.05, 0.1) is 34.0 Å². The van der Waals surface area contributed by atoms with Gasteiger partial charge in [-0.1, -0.05) is 25.5 Å². The molecule has 0 amide bonds. The first-order chi connectivity index (χ1) is 18.9. The molecule has 2 aromatic carbocycles. The van der Waals surface area contributed by atoms with Gasteiger partial charge in [0.25, 0.3) is 0 Å². The van der Waals surface area contributed by atoms with Crippen molar-refractivity contribution in [2.75, 3.05) is 54.3 Å². The van der Waals surface area contributed by atoms with E-state index in [0.717, 1.165) is 61.9 Å². The zero-order valence-electron chi connectivity index (χ0n) is 24.7. The van der Waals surface area contributed by atoms with E-state index in [-0.39, 0.29) is 5.54 Å². The molecular formula is C32H46N2O4S. The topological polar surface area (TPSA) is 52.2 Å². The highest BCUT2D eigenvalue weighted by Gasteiger charge is 2.39. The molecule has 3 aliphatic rings. The summed E-state index contributed by atoms with van der Waals surface area (Å²) in [7, 11) is 6.86. The van der Waals surface area contributed by atoms with Crippen LogP contribution < -0.4 is 24.3 Å². The third-order valence-corrected chi connectivity index (χ3v) is 8.94. The van der Waals surface area contributed by atoms with Gasteiger partial charge in [-0.25, -0.2) is 0 Å². The van der Waals surface area contributed by atoms with Crippen molar-refractivity contribution in [3.8, 4) is 23.0 Å². The fraction of sp³-hybridized carbons (Fsp3) is 0.562. The number of nitrogens with zero attached hydrogens (tertiary/aromatic N) is 1. The maximum Gasteiger partial charge on any atom is 0.161 e. The quantitative estimate of drug-likeness (QED) is 0.332. The molecule has 7 heteroatoms. The first kappa shape index (κ1) is 29.6. The van der Waals surface area contributed by atoms with Gasteiger partial charge in [-0.05, 0) is 90.8 Å². The summed E-state index contributed by atoms with van der Waals surface area (Å²) in [6.45, 7) is 7.81. The van der Waals surface area contributed by atoms with Crippen LogP contribution in [0.2, 0.25) is 0 Å². The summed E-state index contributed by atoms with van der Waals surface area (Å²) in [6, 6.07) is 9.12. The Morgan fingerprint density at radius 3 is 2.18 bits per heavy atom. The van der Waals surface area contributed by atoms with Crippen LogP contribution in [0.25, 0.3) is 0 Å². The van der Waals surface area contributed by atoms with Gasteiger partial charge in [-0.2, -0.15) is 12.6 Å². The second-order valence-corrected chi connectivity index (χ2v) is 10.8. The minimum atomic E-state index is -0.246. The van der Waals surface area contributed by atoms with Crippen LogP contribution in [0.5, 0.6) is 23.0 Å². The Hall–Kier alpha value is -2.35. The largest absolute Gasteiger partial charge is 0.493 e. The van der Waals surface area contributed by atoms with E-state index < -0.39 is 0 Å². The van der Waals surface area contributed by atoms with Crippen LogP contribution in [0, 0.1) is 11.8 Å². The summed E-state index contributed by atoms with van der Waals surface area (Å²) in [4.78, 5) is 2.69. The number of hydrogen-bond acceptors (Lipinski definition) is 7. The summed E-state index contributed by atoms with van der Waals surface area (Å²) in [5, 5.41) is 3.79. The van der Waals surface area contributed by atoms with E-state index in [1.807, 2.05) is 0 Å². The molecule has 0 aliphatic carbocycles. The summed E-state index contributed by atoms with van der Waals surface area (Å²) in [5.74, 6) is 4.40. The van der Waals surface area contributed by atoms with Crippen LogP contribution in [0.15, 0.2) is 36.4 Å². The molecule has 2 aromatic rings. The maximum absolute atomic E-state index is 5.67. The average molecular weight is 555 g/mol. The van der Waals surface area contributed by atoms with Gasteiger partial charge in [0.1, 0.15) is 0 Å². The summed E-state index contributed by atoms with van der Waals surface area (Å²) in [5.41, 5.74) is 5.16. The number of rotatable bonds is 7. The molecule has 3 heterocycles. The number of nitrogens with one attached hydrogen (secondary N) is 1. The lowest BCUT2D eigenvalue weighted by atomic mass is 9.74. The maximum atomic E-state index is 5.67. The Kier molecular flexibility index (Phi) is 9.78. The summed E-state index contributed by atoms with van der Waals surface area (Å²) in [6.07, 6.45) is 11.0. The number of thiol groups is 1. The molecular weight excluding hydrogens is 508 g/mol. The number of hydrogen-bond donors (Lipinski definition) is 2. The predicted molar refractivity (Wildman–Crippen MR) is 162 cm³/mol. The van der Waals surface area contributed by atoms with Gasteiger partial charge < -0.3 is 24.3 Å². The van der Waals surface area contributed by atoms with Crippen LogP contribution in [-0.4, -0.2) is 59.2 Å². The van der Waals surface area contributed by atoms with E-state index in [0.29, 0.717) is 17.9 Å². The highest BCUT2D eigenvalue weighted by atomic mass is 32.1. The molecule has 0 radical (unpaired) electrons. The Balaban J connectivity index is 0.00000172. The molecule has 1 fully saturated rings.